The van der Waals surface area contributed by atoms with Gasteiger partial charge in [-0.05, 0) is 24.3 Å². The maximum absolute atomic E-state index is 9.28. The predicted octanol–water partition coefficient (Wildman–Crippen LogP) is 2.21. The van der Waals surface area contributed by atoms with Gasteiger partial charge in [0.1, 0.15) is 0 Å². The van der Waals surface area contributed by atoms with Crippen LogP contribution in [0.1, 0.15) is 0 Å². The van der Waals surface area contributed by atoms with Crippen LogP contribution in [0.5, 0.6) is 0 Å². The number of benzene rings is 1. The molecule has 1 heterocycles. The Hall–Kier alpha value is -1.29. The molecule has 3 nitrogen and oxygen atoms in total. The van der Waals surface area contributed by atoms with Crippen molar-refractivity contribution in [2.24, 2.45) is 0 Å². The molecule has 0 saturated heterocycles. The number of carbonyl (C=O) groups is 1. The Kier molecular flexibility index (Phi) is 6.40. The van der Waals surface area contributed by atoms with E-state index in [9.17, 15) is 4.79 Å². The Labute approximate surface area is 112 Å². The SMILES string of the molecule is O=C(O)C=[Se].c1ccc(Sc2ccc[nH]2)cc1. The summed E-state index contributed by atoms with van der Waals surface area (Å²) in [5, 5.41) is 8.82. The van der Waals surface area contributed by atoms with E-state index in [1.807, 2.05) is 30.5 Å². The van der Waals surface area contributed by atoms with Crippen LogP contribution >= 0.6 is 11.8 Å². The maximum atomic E-state index is 9.28. The first-order valence-electron chi connectivity index (χ1n) is 4.77. The van der Waals surface area contributed by atoms with Crippen LogP contribution in [-0.2, 0) is 4.79 Å². The minimum atomic E-state index is -0.926. The summed E-state index contributed by atoms with van der Waals surface area (Å²) in [6.07, 6.45) is 1.94. The Morgan fingerprint density at radius 3 is 2.35 bits per heavy atom. The summed E-state index contributed by atoms with van der Waals surface area (Å²) >= 11 is 3.96. The molecule has 0 radical (unpaired) electrons. The third-order valence-corrected chi connectivity index (χ3v) is 3.05. The molecule has 2 N–H and O–H groups in total. The van der Waals surface area contributed by atoms with E-state index in [1.54, 1.807) is 11.8 Å². The number of aliphatic carboxylic acids is 1. The molecule has 1 aromatic heterocycles. The van der Waals surface area contributed by atoms with Crippen molar-refractivity contribution in [2.45, 2.75) is 9.92 Å². The molecule has 0 spiro atoms. The first kappa shape index (κ1) is 13.8. The quantitative estimate of drug-likeness (QED) is 0.855. The molecular formula is C12H11NO2SSe. The van der Waals surface area contributed by atoms with E-state index in [1.165, 1.54) is 9.92 Å². The molecule has 88 valence electrons. The summed E-state index contributed by atoms with van der Waals surface area (Å²) in [4.78, 5) is 14.7. The largest absolute Gasteiger partial charge is 0.356 e. The summed E-state index contributed by atoms with van der Waals surface area (Å²) in [6.45, 7) is 0. The molecule has 0 amide bonds. The Bertz CT molecular complexity index is 457. The van der Waals surface area contributed by atoms with Crippen LogP contribution in [0.3, 0.4) is 0 Å². The normalized spacial score (nSPS) is 8.94. The number of nitrogens with one attached hydrogen (secondary N) is 1. The molecule has 0 saturated carbocycles. The monoisotopic (exact) mass is 313 g/mol. The van der Waals surface area contributed by atoms with Gasteiger partial charge in [-0.25, -0.2) is 0 Å². The van der Waals surface area contributed by atoms with E-state index in [-0.39, 0.29) is 0 Å². The molecule has 17 heavy (non-hydrogen) atoms. The molecular weight excluding hydrogens is 301 g/mol. The van der Waals surface area contributed by atoms with Crippen LogP contribution in [-0.4, -0.2) is 36.6 Å². The molecule has 0 unspecified atom stereocenters. The maximum Gasteiger partial charge on any atom is 0.0769 e. The van der Waals surface area contributed by atoms with Crippen molar-refractivity contribution >= 4 is 38.2 Å². The van der Waals surface area contributed by atoms with Crippen molar-refractivity contribution in [1.29, 1.82) is 0 Å². The van der Waals surface area contributed by atoms with Crippen LogP contribution in [0.2, 0.25) is 0 Å². The van der Waals surface area contributed by atoms with Crippen LogP contribution in [0.15, 0.2) is 58.6 Å². The van der Waals surface area contributed by atoms with Gasteiger partial charge in [-0.2, -0.15) is 0 Å². The van der Waals surface area contributed by atoms with Gasteiger partial charge in [0.15, 0.2) is 0 Å². The third-order valence-electron chi connectivity index (χ3n) is 1.64. The van der Waals surface area contributed by atoms with E-state index in [4.69, 9.17) is 5.11 Å². The van der Waals surface area contributed by atoms with E-state index >= 15 is 0 Å². The van der Waals surface area contributed by atoms with Gasteiger partial charge in [0, 0.05) is 11.1 Å². The summed E-state index contributed by atoms with van der Waals surface area (Å²) in [6, 6.07) is 14.4. The van der Waals surface area contributed by atoms with Crippen LogP contribution in [0.4, 0.5) is 0 Å². The average molecular weight is 312 g/mol. The summed E-state index contributed by atoms with van der Waals surface area (Å²) in [7, 11) is 0. The molecule has 2 rings (SSSR count). The second-order valence-corrected chi connectivity index (χ2v) is 4.52. The Balaban J connectivity index is 0.000000249. The average Bonchev–Trinajstić information content (AvgIpc) is 2.84. The molecule has 0 bridgehead atoms. The molecule has 2 aromatic rings. The van der Waals surface area contributed by atoms with Gasteiger partial charge in [0.25, 0.3) is 0 Å². The van der Waals surface area contributed by atoms with E-state index in [2.05, 4.69) is 38.8 Å². The standard InChI is InChI=1S/C10H9NS.C2H2O2Se/c1-2-5-9(6-3-1)12-10-7-4-8-11-10;3-2(4)1-5/h1-8,11H;1H,(H,3,4). The zero-order valence-corrected chi connectivity index (χ0v) is 11.4. The van der Waals surface area contributed by atoms with Gasteiger partial charge < -0.3 is 4.98 Å². The van der Waals surface area contributed by atoms with E-state index < -0.39 is 5.97 Å². The fourth-order valence-electron chi connectivity index (χ4n) is 0.993. The van der Waals surface area contributed by atoms with Crippen LogP contribution < -0.4 is 0 Å². The summed E-state index contributed by atoms with van der Waals surface area (Å²) in [5.41, 5.74) is 0. The zero-order chi connectivity index (χ0) is 12.5. The van der Waals surface area contributed by atoms with Gasteiger partial charge >= 0.3 is 36.4 Å². The topological polar surface area (TPSA) is 53.1 Å². The number of aromatic nitrogens is 1. The fourth-order valence-corrected chi connectivity index (χ4v) is 1.81. The van der Waals surface area contributed by atoms with Gasteiger partial charge in [-0.1, -0.05) is 30.0 Å². The van der Waals surface area contributed by atoms with Gasteiger partial charge in [-0.3, -0.25) is 0 Å². The molecule has 0 aliphatic carbocycles. The van der Waals surface area contributed by atoms with Gasteiger partial charge in [0.05, 0.1) is 5.03 Å². The first-order chi connectivity index (χ1) is 8.22. The summed E-state index contributed by atoms with van der Waals surface area (Å²) in [5.74, 6) is -0.926. The smallest absolute Gasteiger partial charge is 0.0769 e. The molecule has 0 aliphatic heterocycles. The molecule has 0 aliphatic rings. The van der Waals surface area contributed by atoms with Gasteiger partial charge in [0.2, 0.25) is 0 Å². The van der Waals surface area contributed by atoms with Crippen molar-refractivity contribution in [3.8, 4) is 0 Å². The zero-order valence-electron chi connectivity index (χ0n) is 8.87. The van der Waals surface area contributed by atoms with Crippen molar-refractivity contribution in [2.75, 3.05) is 0 Å². The molecule has 0 atom stereocenters. The minimum absolute atomic E-state index is 0.926. The number of H-pyrrole nitrogens is 1. The van der Waals surface area contributed by atoms with Crippen LogP contribution in [0.25, 0.3) is 0 Å². The number of carboxylic acid groups (broad SMARTS) is 1. The Morgan fingerprint density at radius 1 is 1.24 bits per heavy atom. The number of hydrogen-bond acceptors (Lipinski definition) is 2. The molecule has 1 aromatic carbocycles. The number of hydrogen-bond donors (Lipinski definition) is 2. The minimum Gasteiger partial charge on any atom is -0.356 e. The van der Waals surface area contributed by atoms with E-state index in [0.29, 0.717) is 0 Å². The number of carboxylic acids is 1. The third kappa shape index (κ3) is 6.12. The van der Waals surface area contributed by atoms with Crippen molar-refractivity contribution in [1.82, 2.24) is 4.98 Å². The van der Waals surface area contributed by atoms with Crippen molar-refractivity contribution < 1.29 is 9.90 Å². The second kappa shape index (κ2) is 7.90. The second-order valence-electron chi connectivity index (χ2n) is 2.91. The van der Waals surface area contributed by atoms with E-state index in [0.717, 1.165) is 4.92 Å². The Morgan fingerprint density at radius 2 is 1.88 bits per heavy atom. The van der Waals surface area contributed by atoms with Crippen molar-refractivity contribution in [3.05, 3.63) is 48.7 Å². The summed E-state index contributed by atoms with van der Waals surface area (Å²) < 4.78 is 0. The number of aromatic amines is 1. The van der Waals surface area contributed by atoms with Crippen LogP contribution in [0, 0.1) is 0 Å². The molecule has 5 heteroatoms. The predicted molar refractivity (Wildman–Crippen MR) is 70.8 cm³/mol. The fraction of sp³-hybridized carbons (Fsp3) is 0. The first-order valence-corrected chi connectivity index (χ1v) is 6.57. The van der Waals surface area contributed by atoms with Gasteiger partial charge in [-0.15, -0.1) is 0 Å². The van der Waals surface area contributed by atoms with Crippen molar-refractivity contribution in [3.63, 3.8) is 0 Å². The number of rotatable bonds is 3. The molecule has 0 fully saturated rings.